The number of benzene rings is 2. The van der Waals surface area contributed by atoms with Gasteiger partial charge in [0.05, 0.1) is 21.4 Å². The molecule has 9 heteroatoms. The minimum atomic E-state index is -0.521. The molecule has 152 valence electrons. The van der Waals surface area contributed by atoms with Crippen molar-refractivity contribution in [2.24, 2.45) is 4.99 Å². The van der Waals surface area contributed by atoms with Crippen LogP contribution in [0.3, 0.4) is 0 Å². The Hall–Kier alpha value is -2.61. The van der Waals surface area contributed by atoms with E-state index >= 15 is 0 Å². The van der Waals surface area contributed by atoms with Crippen LogP contribution < -0.4 is 4.90 Å². The lowest BCUT2D eigenvalue weighted by Crippen LogP contribution is -2.31. The first kappa shape index (κ1) is 20.7. The predicted molar refractivity (Wildman–Crippen MR) is 118 cm³/mol. The number of amides is 1. The Morgan fingerprint density at radius 3 is 2.67 bits per heavy atom. The standard InChI is InChI=1S/C21H14Cl2FN3O2S/c1-12-8-14(26-29-12)11-30-21-25-18(10-13-6-7-15(22)16(23)9-13)20(28)27(21)19-5-3-2-4-17(19)24/h2-10H,11H2,1H3/b18-10-. The molecule has 0 saturated heterocycles. The number of hydrogen-bond donors (Lipinski definition) is 0. The highest BCUT2D eigenvalue weighted by atomic mass is 35.5. The van der Waals surface area contributed by atoms with Gasteiger partial charge in [-0.3, -0.25) is 9.69 Å². The van der Waals surface area contributed by atoms with E-state index in [4.69, 9.17) is 27.7 Å². The Labute approximate surface area is 186 Å². The zero-order valence-electron chi connectivity index (χ0n) is 15.6. The van der Waals surface area contributed by atoms with Gasteiger partial charge in [0.15, 0.2) is 5.17 Å². The third-order valence-electron chi connectivity index (χ3n) is 4.20. The highest BCUT2D eigenvalue weighted by molar-refractivity contribution is 8.13. The lowest BCUT2D eigenvalue weighted by molar-refractivity contribution is -0.113. The molecule has 1 amide bonds. The molecular weight excluding hydrogens is 448 g/mol. The number of carbonyl (C=O) groups excluding carboxylic acids is 1. The Morgan fingerprint density at radius 2 is 1.97 bits per heavy atom. The molecule has 0 radical (unpaired) electrons. The van der Waals surface area contributed by atoms with Crippen LogP contribution >= 0.6 is 35.0 Å². The van der Waals surface area contributed by atoms with Gasteiger partial charge in [-0.1, -0.05) is 58.3 Å². The number of rotatable bonds is 4. The van der Waals surface area contributed by atoms with Gasteiger partial charge in [-0.15, -0.1) is 0 Å². The summed E-state index contributed by atoms with van der Waals surface area (Å²) in [6.07, 6.45) is 1.59. The fourth-order valence-electron chi connectivity index (χ4n) is 2.82. The van der Waals surface area contributed by atoms with Crippen LogP contribution in [0.15, 0.2) is 63.7 Å². The molecule has 0 fully saturated rings. The number of aromatic nitrogens is 1. The van der Waals surface area contributed by atoms with Gasteiger partial charge in [0.25, 0.3) is 5.91 Å². The molecule has 30 heavy (non-hydrogen) atoms. The Balaban J connectivity index is 1.70. The molecule has 0 N–H and O–H groups in total. The van der Waals surface area contributed by atoms with Crippen LogP contribution in [0.5, 0.6) is 0 Å². The Kier molecular flexibility index (Phi) is 5.94. The molecule has 4 rings (SSSR count). The largest absolute Gasteiger partial charge is 0.361 e. The summed E-state index contributed by atoms with van der Waals surface area (Å²) < 4.78 is 19.5. The fraction of sp³-hybridized carbons (Fsp3) is 0.0952. The van der Waals surface area contributed by atoms with Gasteiger partial charge in [-0.05, 0) is 42.8 Å². The third-order valence-corrected chi connectivity index (χ3v) is 5.91. The van der Waals surface area contributed by atoms with Crippen molar-refractivity contribution < 1.29 is 13.7 Å². The molecule has 1 aromatic heterocycles. The van der Waals surface area contributed by atoms with Crippen molar-refractivity contribution >= 4 is 57.8 Å². The maximum absolute atomic E-state index is 14.5. The van der Waals surface area contributed by atoms with Crippen molar-refractivity contribution in [3.63, 3.8) is 0 Å². The van der Waals surface area contributed by atoms with Crippen LogP contribution in [0.4, 0.5) is 10.1 Å². The second-order valence-corrected chi connectivity index (χ2v) is 8.16. The quantitative estimate of drug-likeness (QED) is 0.440. The second kappa shape index (κ2) is 8.63. The van der Waals surface area contributed by atoms with Gasteiger partial charge in [-0.25, -0.2) is 9.38 Å². The summed E-state index contributed by atoms with van der Waals surface area (Å²) in [5.74, 6) is 0.132. The van der Waals surface area contributed by atoms with E-state index in [0.29, 0.717) is 38.0 Å². The maximum Gasteiger partial charge on any atom is 0.283 e. The first-order chi connectivity index (χ1) is 14.4. The molecule has 3 aromatic rings. The molecule has 1 aliphatic rings. The lowest BCUT2D eigenvalue weighted by atomic mass is 10.2. The monoisotopic (exact) mass is 461 g/mol. The number of carbonyl (C=O) groups is 1. The number of amidine groups is 1. The number of hydrogen-bond acceptors (Lipinski definition) is 5. The van der Waals surface area contributed by atoms with Crippen LogP contribution in [0, 0.1) is 12.7 Å². The molecule has 1 aliphatic heterocycles. The molecule has 0 spiro atoms. The summed E-state index contributed by atoms with van der Waals surface area (Å²) in [5.41, 5.74) is 1.64. The number of aliphatic imine (C=N–C) groups is 1. The third kappa shape index (κ3) is 4.28. The van der Waals surface area contributed by atoms with Crippen molar-refractivity contribution in [1.29, 1.82) is 0 Å². The molecule has 0 aliphatic carbocycles. The minimum absolute atomic E-state index is 0.127. The number of thioether (sulfide) groups is 1. The van der Waals surface area contributed by atoms with E-state index in [0.717, 1.165) is 0 Å². The van der Waals surface area contributed by atoms with Gasteiger partial charge in [-0.2, -0.15) is 0 Å². The summed E-state index contributed by atoms with van der Waals surface area (Å²) in [4.78, 5) is 18.8. The first-order valence-electron chi connectivity index (χ1n) is 8.82. The van der Waals surface area contributed by atoms with E-state index in [-0.39, 0.29) is 11.4 Å². The van der Waals surface area contributed by atoms with Crippen molar-refractivity contribution in [1.82, 2.24) is 5.16 Å². The van der Waals surface area contributed by atoms with E-state index < -0.39 is 11.7 Å². The molecule has 0 atom stereocenters. The average molecular weight is 462 g/mol. The van der Waals surface area contributed by atoms with Crippen molar-refractivity contribution in [3.8, 4) is 0 Å². The zero-order chi connectivity index (χ0) is 21.3. The van der Waals surface area contributed by atoms with E-state index in [2.05, 4.69) is 10.1 Å². The van der Waals surface area contributed by atoms with Gasteiger partial charge in [0, 0.05) is 11.8 Å². The number of nitrogens with zero attached hydrogens (tertiary/aromatic N) is 3. The van der Waals surface area contributed by atoms with Crippen molar-refractivity contribution in [2.45, 2.75) is 12.7 Å². The summed E-state index contributed by atoms with van der Waals surface area (Å²) >= 11 is 13.3. The van der Waals surface area contributed by atoms with E-state index in [1.807, 2.05) is 0 Å². The maximum atomic E-state index is 14.5. The summed E-state index contributed by atoms with van der Waals surface area (Å²) in [7, 11) is 0. The molecule has 0 unspecified atom stereocenters. The van der Waals surface area contributed by atoms with E-state index in [1.54, 1.807) is 49.4 Å². The highest BCUT2D eigenvalue weighted by Gasteiger charge is 2.33. The van der Waals surface area contributed by atoms with Crippen LogP contribution in [0.1, 0.15) is 17.0 Å². The second-order valence-electron chi connectivity index (χ2n) is 6.41. The Bertz CT molecular complexity index is 1190. The molecule has 2 heterocycles. The zero-order valence-corrected chi connectivity index (χ0v) is 17.9. The van der Waals surface area contributed by atoms with Gasteiger partial charge in [0.2, 0.25) is 0 Å². The molecule has 0 bridgehead atoms. The number of halogens is 3. The summed E-state index contributed by atoms with van der Waals surface area (Å²) in [6.45, 7) is 1.79. The first-order valence-corrected chi connectivity index (χ1v) is 10.6. The van der Waals surface area contributed by atoms with Crippen LogP contribution in [0.2, 0.25) is 10.0 Å². The summed E-state index contributed by atoms with van der Waals surface area (Å²) in [5, 5.41) is 5.06. The average Bonchev–Trinajstić information content (AvgIpc) is 3.27. The number of aryl methyl sites for hydroxylation is 1. The minimum Gasteiger partial charge on any atom is -0.361 e. The molecule has 5 nitrogen and oxygen atoms in total. The molecule has 2 aromatic carbocycles. The van der Waals surface area contributed by atoms with Crippen LogP contribution in [0.25, 0.3) is 6.08 Å². The van der Waals surface area contributed by atoms with E-state index in [1.165, 1.54) is 28.8 Å². The summed E-state index contributed by atoms with van der Waals surface area (Å²) in [6, 6.07) is 12.8. The van der Waals surface area contributed by atoms with Crippen molar-refractivity contribution in [3.05, 3.63) is 87.1 Å². The van der Waals surface area contributed by atoms with Crippen molar-refractivity contribution in [2.75, 3.05) is 4.90 Å². The normalized spacial score (nSPS) is 15.2. The number of anilines is 1. The lowest BCUT2D eigenvalue weighted by Gasteiger charge is -2.18. The van der Waals surface area contributed by atoms with Crippen LogP contribution in [-0.2, 0) is 10.5 Å². The van der Waals surface area contributed by atoms with Gasteiger partial charge >= 0.3 is 0 Å². The fourth-order valence-corrected chi connectivity index (χ4v) is 4.02. The van der Waals surface area contributed by atoms with Gasteiger partial charge < -0.3 is 4.52 Å². The Morgan fingerprint density at radius 1 is 1.17 bits per heavy atom. The smallest absolute Gasteiger partial charge is 0.283 e. The highest BCUT2D eigenvalue weighted by Crippen LogP contribution is 2.33. The van der Waals surface area contributed by atoms with E-state index in [9.17, 15) is 9.18 Å². The molecule has 0 saturated carbocycles. The van der Waals surface area contributed by atoms with Gasteiger partial charge in [0.1, 0.15) is 17.3 Å². The van der Waals surface area contributed by atoms with Crippen LogP contribution in [-0.4, -0.2) is 16.2 Å². The topological polar surface area (TPSA) is 58.7 Å². The molecular formula is C21H14Cl2FN3O2S. The SMILES string of the molecule is Cc1cc(CSC2=N/C(=C\c3ccc(Cl)c(Cl)c3)C(=O)N2c2ccccc2F)no1. The number of para-hydroxylation sites is 1. The predicted octanol–water partition coefficient (Wildman–Crippen LogP) is 6.11.